The minimum absolute atomic E-state index is 0.00663. The summed E-state index contributed by atoms with van der Waals surface area (Å²) in [6.07, 6.45) is 0. The number of carbonyl (C=O) groups is 1. The van der Waals surface area contributed by atoms with Crippen LogP contribution >= 0.6 is 11.6 Å². The molecule has 0 aliphatic rings. The highest BCUT2D eigenvalue weighted by Crippen LogP contribution is 2.22. The Labute approximate surface area is 123 Å². The Balaban J connectivity index is 2.16. The molecule has 0 bridgehead atoms. The van der Waals surface area contributed by atoms with Crippen LogP contribution < -0.4 is 10.1 Å². The first-order valence-corrected chi connectivity index (χ1v) is 6.65. The van der Waals surface area contributed by atoms with Crippen LogP contribution in [-0.4, -0.2) is 12.9 Å². The summed E-state index contributed by atoms with van der Waals surface area (Å²) in [7, 11) is 1.64. The molecule has 1 N–H and O–H groups in total. The Morgan fingerprint density at radius 2 is 2.00 bits per heavy atom. The maximum Gasteiger partial charge on any atom is 0.159 e. The van der Waals surface area contributed by atoms with E-state index in [4.69, 9.17) is 16.3 Å². The molecule has 0 heterocycles. The van der Waals surface area contributed by atoms with Crippen LogP contribution in [0, 0.1) is 0 Å². The zero-order chi connectivity index (χ0) is 14.5. The topological polar surface area (TPSA) is 38.3 Å². The molecule has 0 aliphatic carbocycles. The molecule has 2 aromatic carbocycles. The minimum atomic E-state index is -0.00663. The normalized spacial score (nSPS) is 10.2. The van der Waals surface area contributed by atoms with Crippen LogP contribution in [0.1, 0.15) is 22.8 Å². The lowest BCUT2D eigenvalue weighted by Gasteiger charge is -2.11. The Morgan fingerprint density at radius 1 is 1.25 bits per heavy atom. The smallest absolute Gasteiger partial charge is 0.159 e. The molecule has 0 unspecified atom stereocenters. The second kappa shape index (κ2) is 6.44. The molecule has 0 atom stereocenters. The second-order valence-corrected chi connectivity index (χ2v) is 4.89. The van der Waals surface area contributed by atoms with Gasteiger partial charge in [0.2, 0.25) is 0 Å². The fourth-order valence-electron chi connectivity index (χ4n) is 1.94. The van der Waals surface area contributed by atoms with E-state index in [1.54, 1.807) is 25.3 Å². The predicted molar refractivity (Wildman–Crippen MR) is 81.8 cm³/mol. The molecule has 0 saturated heterocycles. The number of anilines is 1. The number of benzene rings is 2. The number of hydrogen-bond donors (Lipinski definition) is 1. The van der Waals surface area contributed by atoms with Gasteiger partial charge < -0.3 is 10.1 Å². The van der Waals surface area contributed by atoms with Gasteiger partial charge in [-0.1, -0.05) is 29.8 Å². The molecule has 104 valence electrons. The molecule has 0 fully saturated rings. The molecule has 2 aromatic rings. The Kier molecular flexibility index (Phi) is 4.64. The molecule has 2 rings (SSSR count). The molecule has 0 aliphatic heterocycles. The van der Waals surface area contributed by atoms with E-state index >= 15 is 0 Å². The predicted octanol–water partition coefficient (Wildman–Crippen LogP) is 4.16. The number of hydrogen-bond acceptors (Lipinski definition) is 3. The van der Waals surface area contributed by atoms with Gasteiger partial charge in [-0.15, -0.1) is 0 Å². The van der Waals surface area contributed by atoms with E-state index in [-0.39, 0.29) is 5.78 Å². The largest absolute Gasteiger partial charge is 0.496 e. The summed E-state index contributed by atoms with van der Waals surface area (Å²) in [5.74, 6) is 0.821. The fourth-order valence-corrected chi connectivity index (χ4v) is 2.18. The first kappa shape index (κ1) is 14.4. The molecule has 0 aromatic heterocycles. The van der Waals surface area contributed by atoms with Gasteiger partial charge in [-0.3, -0.25) is 4.79 Å². The lowest BCUT2D eigenvalue weighted by atomic mass is 10.1. The van der Waals surface area contributed by atoms with Gasteiger partial charge in [0.1, 0.15) is 5.75 Å². The van der Waals surface area contributed by atoms with Crippen molar-refractivity contribution < 1.29 is 9.53 Å². The maximum atomic E-state index is 11.4. The van der Waals surface area contributed by atoms with Crippen molar-refractivity contribution >= 4 is 23.1 Å². The SMILES string of the molecule is COc1ccccc1CNc1cc(Cl)cc(C(C)=O)c1. The van der Waals surface area contributed by atoms with Gasteiger partial charge in [-0.2, -0.15) is 0 Å². The van der Waals surface area contributed by atoms with Gasteiger partial charge in [0, 0.05) is 28.4 Å². The van der Waals surface area contributed by atoms with Crippen LogP contribution in [0.4, 0.5) is 5.69 Å². The van der Waals surface area contributed by atoms with Crippen LogP contribution in [0.25, 0.3) is 0 Å². The number of ether oxygens (including phenoxy) is 1. The molecular weight excluding hydrogens is 274 g/mol. The molecule has 4 heteroatoms. The van der Waals surface area contributed by atoms with Crippen LogP contribution in [-0.2, 0) is 6.54 Å². The number of para-hydroxylation sites is 1. The van der Waals surface area contributed by atoms with Crippen LogP contribution in [0.2, 0.25) is 5.02 Å². The highest BCUT2D eigenvalue weighted by atomic mass is 35.5. The van der Waals surface area contributed by atoms with E-state index in [0.717, 1.165) is 17.0 Å². The summed E-state index contributed by atoms with van der Waals surface area (Å²) in [5, 5.41) is 3.80. The van der Waals surface area contributed by atoms with Gasteiger partial charge in [0.15, 0.2) is 5.78 Å². The van der Waals surface area contributed by atoms with Crippen molar-refractivity contribution in [1.82, 2.24) is 0 Å². The van der Waals surface area contributed by atoms with E-state index in [1.165, 1.54) is 6.92 Å². The van der Waals surface area contributed by atoms with Crippen LogP contribution in [0.3, 0.4) is 0 Å². The van der Waals surface area contributed by atoms with E-state index in [0.29, 0.717) is 17.1 Å². The second-order valence-electron chi connectivity index (χ2n) is 4.45. The molecule has 0 radical (unpaired) electrons. The third kappa shape index (κ3) is 3.52. The van der Waals surface area contributed by atoms with E-state index < -0.39 is 0 Å². The summed E-state index contributed by atoms with van der Waals surface area (Å²) in [6, 6.07) is 13.0. The third-order valence-electron chi connectivity index (χ3n) is 2.98. The molecule has 20 heavy (non-hydrogen) atoms. The van der Waals surface area contributed by atoms with Gasteiger partial charge in [0.05, 0.1) is 7.11 Å². The lowest BCUT2D eigenvalue weighted by Crippen LogP contribution is -2.03. The molecular formula is C16H16ClNO2. The highest BCUT2D eigenvalue weighted by Gasteiger charge is 2.05. The van der Waals surface area contributed by atoms with Crippen LogP contribution in [0.15, 0.2) is 42.5 Å². The Bertz CT molecular complexity index is 626. The quantitative estimate of drug-likeness (QED) is 0.840. The zero-order valence-corrected chi connectivity index (χ0v) is 12.2. The van der Waals surface area contributed by atoms with E-state index in [1.807, 2.05) is 24.3 Å². The standard InChI is InChI=1S/C16H16ClNO2/c1-11(19)13-7-14(17)9-15(8-13)18-10-12-5-3-4-6-16(12)20-2/h3-9,18H,10H2,1-2H3. The number of Topliss-reactive ketones (excluding diaryl/α,β-unsaturated/α-hetero) is 1. The van der Waals surface area contributed by atoms with E-state index in [2.05, 4.69) is 5.32 Å². The highest BCUT2D eigenvalue weighted by molar-refractivity contribution is 6.31. The third-order valence-corrected chi connectivity index (χ3v) is 3.20. The summed E-state index contributed by atoms with van der Waals surface area (Å²) in [4.78, 5) is 11.4. The number of ketones is 1. The molecule has 0 saturated carbocycles. The summed E-state index contributed by atoms with van der Waals surface area (Å²) >= 11 is 6.02. The average molecular weight is 290 g/mol. The number of methoxy groups -OCH3 is 1. The maximum absolute atomic E-state index is 11.4. The fraction of sp³-hybridized carbons (Fsp3) is 0.188. The zero-order valence-electron chi connectivity index (χ0n) is 11.4. The average Bonchev–Trinajstić information content (AvgIpc) is 2.44. The number of nitrogens with one attached hydrogen (secondary N) is 1. The number of halogens is 1. The molecule has 0 amide bonds. The Morgan fingerprint density at radius 3 is 2.70 bits per heavy atom. The van der Waals surface area contributed by atoms with Crippen molar-refractivity contribution in [2.45, 2.75) is 13.5 Å². The van der Waals surface area contributed by atoms with Crippen molar-refractivity contribution in [3.8, 4) is 5.75 Å². The van der Waals surface area contributed by atoms with Crippen molar-refractivity contribution in [3.05, 3.63) is 58.6 Å². The summed E-state index contributed by atoms with van der Waals surface area (Å²) in [5.41, 5.74) is 2.45. The summed E-state index contributed by atoms with van der Waals surface area (Å²) in [6.45, 7) is 2.12. The van der Waals surface area contributed by atoms with Crippen LogP contribution in [0.5, 0.6) is 5.75 Å². The van der Waals surface area contributed by atoms with Gasteiger partial charge in [-0.25, -0.2) is 0 Å². The minimum Gasteiger partial charge on any atom is -0.496 e. The van der Waals surface area contributed by atoms with Crippen molar-refractivity contribution in [1.29, 1.82) is 0 Å². The first-order chi connectivity index (χ1) is 9.60. The van der Waals surface area contributed by atoms with Crippen molar-refractivity contribution in [2.75, 3.05) is 12.4 Å². The van der Waals surface area contributed by atoms with Gasteiger partial charge in [0.25, 0.3) is 0 Å². The lowest BCUT2D eigenvalue weighted by molar-refractivity contribution is 0.101. The van der Waals surface area contributed by atoms with Crippen molar-refractivity contribution in [2.24, 2.45) is 0 Å². The van der Waals surface area contributed by atoms with Crippen molar-refractivity contribution in [3.63, 3.8) is 0 Å². The van der Waals surface area contributed by atoms with Gasteiger partial charge in [-0.05, 0) is 31.2 Å². The van der Waals surface area contributed by atoms with Gasteiger partial charge >= 0.3 is 0 Å². The first-order valence-electron chi connectivity index (χ1n) is 6.27. The molecule has 3 nitrogen and oxygen atoms in total. The number of carbonyl (C=O) groups excluding carboxylic acids is 1. The monoisotopic (exact) mass is 289 g/mol. The number of rotatable bonds is 5. The molecule has 0 spiro atoms. The Hall–Kier alpha value is -2.00. The summed E-state index contributed by atoms with van der Waals surface area (Å²) < 4.78 is 5.30. The van der Waals surface area contributed by atoms with E-state index in [9.17, 15) is 4.79 Å².